The molecule has 0 atom stereocenters. The highest BCUT2D eigenvalue weighted by Gasteiger charge is 2.10. The van der Waals surface area contributed by atoms with Gasteiger partial charge < -0.3 is 15.5 Å². The molecule has 4 heteroatoms. The van der Waals surface area contributed by atoms with Gasteiger partial charge >= 0.3 is 0 Å². The quantitative estimate of drug-likeness (QED) is 0.841. The van der Waals surface area contributed by atoms with Crippen LogP contribution in [0.5, 0.6) is 0 Å². The van der Waals surface area contributed by atoms with Crippen molar-refractivity contribution in [3.05, 3.63) is 59.5 Å². The van der Waals surface area contributed by atoms with Gasteiger partial charge in [-0.3, -0.25) is 4.79 Å². The van der Waals surface area contributed by atoms with Crippen LogP contribution in [0.3, 0.4) is 0 Å². The standard InChI is InChI=1S/C14H16N2O2/c15-8-7-11-4-1-2-6-13(11)14(17)16-10-12-5-3-9-18-12/h1-6,9H,7-8,10,15H2,(H,16,17). The summed E-state index contributed by atoms with van der Waals surface area (Å²) < 4.78 is 5.16. The smallest absolute Gasteiger partial charge is 0.251 e. The van der Waals surface area contributed by atoms with Gasteiger partial charge in [-0.05, 0) is 36.7 Å². The second kappa shape index (κ2) is 6.02. The van der Waals surface area contributed by atoms with Gasteiger partial charge in [-0.1, -0.05) is 18.2 Å². The Morgan fingerprint density at radius 1 is 1.22 bits per heavy atom. The lowest BCUT2D eigenvalue weighted by molar-refractivity contribution is 0.0947. The van der Waals surface area contributed by atoms with E-state index in [-0.39, 0.29) is 5.91 Å². The van der Waals surface area contributed by atoms with Crippen LogP contribution in [-0.2, 0) is 13.0 Å². The number of carbonyl (C=O) groups excluding carboxylic acids is 1. The lowest BCUT2D eigenvalue weighted by atomic mass is 10.0. The zero-order chi connectivity index (χ0) is 12.8. The molecule has 0 aliphatic carbocycles. The summed E-state index contributed by atoms with van der Waals surface area (Å²) in [7, 11) is 0. The molecule has 1 heterocycles. The van der Waals surface area contributed by atoms with Gasteiger partial charge in [0.2, 0.25) is 0 Å². The van der Waals surface area contributed by atoms with Gasteiger partial charge in [-0.2, -0.15) is 0 Å². The molecule has 0 fully saturated rings. The van der Waals surface area contributed by atoms with Crippen molar-refractivity contribution in [2.45, 2.75) is 13.0 Å². The van der Waals surface area contributed by atoms with E-state index in [0.717, 1.165) is 11.3 Å². The number of hydrogen-bond donors (Lipinski definition) is 2. The van der Waals surface area contributed by atoms with Crippen LogP contribution in [-0.4, -0.2) is 12.5 Å². The first kappa shape index (κ1) is 12.4. The van der Waals surface area contributed by atoms with Crippen LogP contribution in [0, 0.1) is 0 Å². The Balaban J connectivity index is 2.04. The van der Waals surface area contributed by atoms with E-state index in [2.05, 4.69) is 5.32 Å². The molecule has 0 saturated carbocycles. The average Bonchev–Trinajstić information content (AvgIpc) is 2.90. The van der Waals surface area contributed by atoms with Crippen LogP contribution >= 0.6 is 0 Å². The van der Waals surface area contributed by atoms with Crippen LogP contribution in [0.2, 0.25) is 0 Å². The van der Waals surface area contributed by atoms with Crippen molar-refractivity contribution in [3.8, 4) is 0 Å². The normalized spacial score (nSPS) is 10.3. The largest absolute Gasteiger partial charge is 0.467 e. The number of rotatable bonds is 5. The fourth-order valence-electron chi connectivity index (χ4n) is 1.79. The summed E-state index contributed by atoms with van der Waals surface area (Å²) in [5.41, 5.74) is 7.18. The monoisotopic (exact) mass is 244 g/mol. The first-order chi connectivity index (χ1) is 8.81. The second-order valence-corrected chi connectivity index (χ2v) is 3.96. The summed E-state index contributed by atoms with van der Waals surface area (Å²) in [5.74, 6) is 0.634. The molecule has 18 heavy (non-hydrogen) atoms. The highest BCUT2D eigenvalue weighted by atomic mass is 16.3. The molecule has 0 spiro atoms. The minimum absolute atomic E-state index is 0.101. The Hall–Kier alpha value is -2.07. The maximum absolute atomic E-state index is 12.0. The molecule has 1 aromatic heterocycles. The Kier molecular flexibility index (Phi) is 4.15. The zero-order valence-electron chi connectivity index (χ0n) is 10.1. The molecule has 2 rings (SSSR count). The first-order valence-corrected chi connectivity index (χ1v) is 5.90. The van der Waals surface area contributed by atoms with Crippen molar-refractivity contribution in [1.82, 2.24) is 5.32 Å². The molecule has 0 bridgehead atoms. The van der Waals surface area contributed by atoms with E-state index in [1.54, 1.807) is 12.3 Å². The molecule has 3 N–H and O–H groups in total. The van der Waals surface area contributed by atoms with Gasteiger partial charge in [0.25, 0.3) is 5.91 Å². The molecule has 0 unspecified atom stereocenters. The van der Waals surface area contributed by atoms with Crippen LogP contribution in [0.4, 0.5) is 0 Å². The van der Waals surface area contributed by atoms with Crippen LogP contribution < -0.4 is 11.1 Å². The van der Waals surface area contributed by atoms with Gasteiger partial charge in [-0.25, -0.2) is 0 Å². The zero-order valence-corrected chi connectivity index (χ0v) is 10.1. The molecule has 4 nitrogen and oxygen atoms in total. The molecule has 0 aliphatic rings. The predicted molar refractivity (Wildman–Crippen MR) is 69.1 cm³/mol. The number of furan rings is 1. The van der Waals surface area contributed by atoms with E-state index in [1.165, 1.54) is 0 Å². The van der Waals surface area contributed by atoms with E-state index in [9.17, 15) is 4.79 Å². The minimum atomic E-state index is -0.101. The average molecular weight is 244 g/mol. The fourth-order valence-corrected chi connectivity index (χ4v) is 1.79. The molecule has 0 radical (unpaired) electrons. The number of benzene rings is 1. The van der Waals surface area contributed by atoms with Crippen molar-refractivity contribution in [2.75, 3.05) is 6.54 Å². The van der Waals surface area contributed by atoms with Crippen LogP contribution in [0.1, 0.15) is 21.7 Å². The molecule has 2 aromatic rings. The fraction of sp³-hybridized carbons (Fsp3) is 0.214. The van der Waals surface area contributed by atoms with Crippen molar-refractivity contribution in [3.63, 3.8) is 0 Å². The van der Waals surface area contributed by atoms with Gasteiger partial charge in [0.1, 0.15) is 5.76 Å². The van der Waals surface area contributed by atoms with Crippen molar-refractivity contribution in [1.29, 1.82) is 0 Å². The molecule has 1 amide bonds. The molecule has 94 valence electrons. The molecular formula is C14H16N2O2. The third-order valence-electron chi connectivity index (χ3n) is 2.68. The topological polar surface area (TPSA) is 68.3 Å². The SMILES string of the molecule is NCCc1ccccc1C(=O)NCc1ccco1. The summed E-state index contributed by atoms with van der Waals surface area (Å²) in [6.07, 6.45) is 2.29. The summed E-state index contributed by atoms with van der Waals surface area (Å²) in [5, 5.41) is 2.83. The van der Waals surface area contributed by atoms with Crippen LogP contribution in [0.25, 0.3) is 0 Å². The number of nitrogens with one attached hydrogen (secondary N) is 1. The Morgan fingerprint density at radius 3 is 2.78 bits per heavy atom. The van der Waals surface area contributed by atoms with Crippen molar-refractivity contribution >= 4 is 5.91 Å². The molecule has 0 aliphatic heterocycles. The Morgan fingerprint density at radius 2 is 2.06 bits per heavy atom. The third kappa shape index (κ3) is 2.99. The second-order valence-electron chi connectivity index (χ2n) is 3.96. The Labute approximate surface area is 106 Å². The minimum Gasteiger partial charge on any atom is -0.467 e. The summed E-state index contributed by atoms with van der Waals surface area (Å²) in [6, 6.07) is 11.1. The van der Waals surface area contributed by atoms with E-state index < -0.39 is 0 Å². The molecular weight excluding hydrogens is 228 g/mol. The summed E-state index contributed by atoms with van der Waals surface area (Å²) in [6.45, 7) is 0.922. The lowest BCUT2D eigenvalue weighted by Crippen LogP contribution is -2.24. The predicted octanol–water partition coefficient (Wildman–Crippen LogP) is 1.71. The number of nitrogens with two attached hydrogens (primary N) is 1. The third-order valence-corrected chi connectivity index (χ3v) is 2.68. The van der Waals surface area contributed by atoms with Gasteiger partial charge in [-0.15, -0.1) is 0 Å². The van der Waals surface area contributed by atoms with Crippen LogP contribution in [0.15, 0.2) is 47.1 Å². The van der Waals surface area contributed by atoms with Gasteiger partial charge in [0, 0.05) is 5.56 Å². The van der Waals surface area contributed by atoms with E-state index >= 15 is 0 Å². The highest BCUT2D eigenvalue weighted by molar-refractivity contribution is 5.95. The molecule has 1 aromatic carbocycles. The maximum atomic E-state index is 12.0. The van der Waals surface area contributed by atoms with E-state index in [4.69, 9.17) is 10.2 Å². The van der Waals surface area contributed by atoms with Crippen molar-refractivity contribution in [2.24, 2.45) is 5.73 Å². The number of carbonyl (C=O) groups is 1. The van der Waals surface area contributed by atoms with Gasteiger partial charge in [0.15, 0.2) is 0 Å². The Bertz CT molecular complexity index is 506. The highest BCUT2D eigenvalue weighted by Crippen LogP contribution is 2.09. The maximum Gasteiger partial charge on any atom is 0.251 e. The lowest BCUT2D eigenvalue weighted by Gasteiger charge is -2.08. The van der Waals surface area contributed by atoms with E-state index in [1.807, 2.05) is 30.3 Å². The van der Waals surface area contributed by atoms with Gasteiger partial charge in [0.05, 0.1) is 12.8 Å². The van der Waals surface area contributed by atoms with Crippen molar-refractivity contribution < 1.29 is 9.21 Å². The summed E-state index contributed by atoms with van der Waals surface area (Å²) >= 11 is 0. The van der Waals surface area contributed by atoms with E-state index in [0.29, 0.717) is 25.1 Å². The summed E-state index contributed by atoms with van der Waals surface area (Å²) in [4.78, 5) is 12.0. The number of amides is 1. The first-order valence-electron chi connectivity index (χ1n) is 5.90. The number of hydrogen-bond acceptors (Lipinski definition) is 3. The molecule has 0 saturated heterocycles.